The van der Waals surface area contributed by atoms with Crippen LogP contribution in [0.1, 0.15) is 27.2 Å². The molecular formula is C8H19NO. The second-order valence-electron chi connectivity index (χ2n) is 3.63. The van der Waals surface area contributed by atoms with E-state index in [0.717, 1.165) is 6.42 Å². The van der Waals surface area contributed by atoms with E-state index in [4.69, 9.17) is 0 Å². The fourth-order valence-corrected chi connectivity index (χ4v) is 1.33. The van der Waals surface area contributed by atoms with E-state index in [1.807, 2.05) is 14.0 Å². The molecule has 0 aliphatic rings. The summed E-state index contributed by atoms with van der Waals surface area (Å²) >= 11 is 0. The van der Waals surface area contributed by atoms with Crippen molar-refractivity contribution in [3.8, 4) is 0 Å². The Kier molecular flexibility index (Phi) is 3.91. The van der Waals surface area contributed by atoms with Crippen molar-refractivity contribution in [2.75, 3.05) is 13.6 Å². The first-order valence-corrected chi connectivity index (χ1v) is 3.85. The van der Waals surface area contributed by atoms with E-state index >= 15 is 0 Å². The minimum atomic E-state index is -0.539. The fraction of sp³-hybridized carbons (Fsp3) is 1.00. The maximum Gasteiger partial charge on any atom is 0.0745 e. The van der Waals surface area contributed by atoms with Crippen LogP contribution in [0, 0.1) is 5.92 Å². The SMILES string of the molecule is CNCC(C)(O)CC(C)C. The summed E-state index contributed by atoms with van der Waals surface area (Å²) in [6.45, 7) is 6.77. The summed E-state index contributed by atoms with van der Waals surface area (Å²) in [6, 6.07) is 0. The smallest absolute Gasteiger partial charge is 0.0745 e. The van der Waals surface area contributed by atoms with E-state index in [-0.39, 0.29) is 0 Å². The highest BCUT2D eigenvalue weighted by molar-refractivity contribution is 4.75. The van der Waals surface area contributed by atoms with Crippen molar-refractivity contribution in [2.45, 2.75) is 32.8 Å². The Balaban J connectivity index is 3.63. The molecule has 0 fully saturated rings. The number of nitrogens with one attached hydrogen (secondary N) is 1. The summed E-state index contributed by atoms with van der Waals surface area (Å²) in [5.74, 6) is 0.559. The van der Waals surface area contributed by atoms with Crippen LogP contribution in [0.3, 0.4) is 0 Å². The Labute approximate surface area is 63.6 Å². The highest BCUT2D eigenvalue weighted by Gasteiger charge is 2.19. The van der Waals surface area contributed by atoms with Gasteiger partial charge in [-0.05, 0) is 26.3 Å². The topological polar surface area (TPSA) is 32.3 Å². The van der Waals surface area contributed by atoms with Gasteiger partial charge >= 0.3 is 0 Å². The van der Waals surface area contributed by atoms with E-state index in [1.54, 1.807) is 0 Å². The van der Waals surface area contributed by atoms with Gasteiger partial charge in [0, 0.05) is 6.54 Å². The van der Waals surface area contributed by atoms with Crippen molar-refractivity contribution >= 4 is 0 Å². The van der Waals surface area contributed by atoms with Gasteiger partial charge in [-0.25, -0.2) is 0 Å². The molecule has 1 atom stereocenters. The molecule has 2 heteroatoms. The lowest BCUT2D eigenvalue weighted by molar-refractivity contribution is 0.0405. The molecule has 0 aromatic rings. The van der Waals surface area contributed by atoms with Crippen LogP contribution in [0.15, 0.2) is 0 Å². The third-order valence-corrected chi connectivity index (χ3v) is 1.41. The Morgan fingerprint density at radius 3 is 2.30 bits per heavy atom. The van der Waals surface area contributed by atoms with E-state index in [2.05, 4.69) is 19.2 Å². The Morgan fingerprint density at radius 2 is 2.00 bits per heavy atom. The van der Waals surface area contributed by atoms with Crippen LogP contribution in [0.25, 0.3) is 0 Å². The summed E-state index contributed by atoms with van der Waals surface area (Å²) < 4.78 is 0. The predicted octanol–water partition coefficient (Wildman–Crippen LogP) is 1.00. The van der Waals surface area contributed by atoms with Crippen molar-refractivity contribution < 1.29 is 5.11 Å². The first kappa shape index (κ1) is 9.92. The lowest BCUT2D eigenvalue weighted by atomic mass is 9.94. The van der Waals surface area contributed by atoms with Crippen LogP contribution in [0.5, 0.6) is 0 Å². The van der Waals surface area contributed by atoms with Crippen LogP contribution < -0.4 is 5.32 Å². The predicted molar refractivity (Wildman–Crippen MR) is 44.0 cm³/mol. The molecule has 2 nitrogen and oxygen atoms in total. The highest BCUT2D eigenvalue weighted by Crippen LogP contribution is 2.14. The lowest BCUT2D eigenvalue weighted by Gasteiger charge is -2.24. The molecular weight excluding hydrogens is 126 g/mol. The molecule has 0 spiro atoms. The van der Waals surface area contributed by atoms with E-state index in [1.165, 1.54) is 0 Å². The monoisotopic (exact) mass is 145 g/mol. The first-order valence-electron chi connectivity index (χ1n) is 3.85. The molecule has 0 heterocycles. The molecule has 0 radical (unpaired) electrons. The molecule has 0 saturated heterocycles. The quantitative estimate of drug-likeness (QED) is 0.618. The molecule has 0 aliphatic heterocycles. The minimum absolute atomic E-state index is 0.539. The molecule has 0 saturated carbocycles. The molecule has 0 aromatic carbocycles. The van der Waals surface area contributed by atoms with Gasteiger partial charge in [-0.3, -0.25) is 0 Å². The van der Waals surface area contributed by atoms with Crippen LogP contribution in [0.4, 0.5) is 0 Å². The molecule has 62 valence electrons. The summed E-state index contributed by atoms with van der Waals surface area (Å²) in [5.41, 5.74) is -0.539. The van der Waals surface area contributed by atoms with Gasteiger partial charge in [0.25, 0.3) is 0 Å². The van der Waals surface area contributed by atoms with Gasteiger partial charge in [0.1, 0.15) is 0 Å². The average molecular weight is 145 g/mol. The normalized spacial score (nSPS) is 17.4. The van der Waals surface area contributed by atoms with Gasteiger partial charge in [-0.15, -0.1) is 0 Å². The maximum absolute atomic E-state index is 9.62. The second-order valence-corrected chi connectivity index (χ2v) is 3.63. The Morgan fingerprint density at radius 1 is 1.50 bits per heavy atom. The standard InChI is InChI=1S/C8H19NO/c1-7(2)5-8(3,10)6-9-4/h7,9-10H,5-6H2,1-4H3. The van der Waals surface area contributed by atoms with Crippen molar-refractivity contribution in [1.82, 2.24) is 5.32 Å². The molecule has 1 unspecified atom stereocenters. The van der Waals surface area contributed by atoms with Crippen molar-refractivity contribution in [2.24, 2.45) is 5.92 Å². The largest absolute Gasteiger partial charge is 0.389 e. The summed E-state index contributed by atoms with van der Waals surface area (Å²) in [4.78, 5) is 0. The number of likely N-dealkylation sites (N-methyl/N-ethyl adjacent to an activating group) is 1. The van der Waals surface area contributed by atoms with Crippen LogP contribution in [-0.2, 0) is 0 Å². The molecule has 2 N–H and O–H groups in total. The molecule has 0 amide bonds. The minimum Gasteiger partial charge on any atom is -0.389 e. The summed E-state index contributed by atoms with van der Waals surface area (Å²) in [5, 5.41) is 12.6. The zero-order chi connectivity index (χ0) is 8.20. The van der Waals surface area contributed by atoms with Gasteiger partial charge < -0.3 is 10.4 Å². The van der Waals surface area contributed by atoms with E-state index < -0.39 is 5.60 Å². The molecule has 0 aliphatic carbocycles. The molecule has 0 aromatic heterocycles. The van der Waals surface area contributed by atoms with Gasteiger partial charge in [0.05, 0.1) is 5.60 Å². The molecule has 0 bridgehead atoms. The van der Waals surface area contributed by atoms with Crippen molar-refractivity contribution in [3.05, 3.63) is 0 Å². The number of hydrogen-bond acceptors (Lipinski definition) is 2. The van der Waals surface area contributed by atoms with Gasteiger partial charge in [-0.1, -0.05) is 13.8 Å². The van der Waals surface area contributed by atoms with Crippen LogP contribution in [-0.4, -0.2) is 24.3 Å². The number of rotatable bonds is 4. The summed E-state index contributed by atoms with van der Waals surface area (Å²) in [6.07, 6.45) is 0.855. The van der Waals surface area contributed by atoms with Crippen molar-refractivity contribution in [3.63, 3.8) is 0 Å². The molecule has 0 rings (SSSR count). The van der Waals surface area contributed by atoms with Crippen LogP contribution in [0.2, 0.25) is 0 Å². The van der Waals surface area contributed by atoms with Crippen molar-refractivity contribution in [1.29, 1.82) is 0 Å². The van der Waals surface area contributed by atoms with E-state index in [9.17, 15) is 5.11 Å². The first-order chi connectivity index (χ1) is 4.48. The number of aliphatic hydroxyl groups is 1. The second kappa shape index (κ2) is 3.94. The average Bonchev–Trinajstić information content (AvgIpc) is 1.59. The highest BCUT2D eigenvalue weighted by atomic mass is 16.3. The third kappa shape index (κ3) is 4.77. The zero-order valence-corrected chi connectivity index (χ0v) is 7.44. The lowest BCUT2D eigenvalue weighted by Crippen LogP contribution is -2.37. The summed E-state index contributed by atoms with van der Waals surface area (Å²) in [7, 11) is 1.86. The third-order valence-electron chi connectivity index (χ3n) is 1.41. The molecule has 10 heavy (non-hydrogen) atoms. The Bertz CT molecular complexity index is 89.3. The van der Waals surface area contributed by atoms with Gasteiger partial charge in [0.15, 0.2) is 0 Å². The van der Waals surface area contributed by atoms with E-state index in [0.29, 0.717) is 12.5 Å². The van der Waals surface area contributed by atoms with Crippen LogP contribution >= 0.6 is 0 Å². The fourth-order valence-electron chi connectivity index (χ4n) is 1.33. The maximum atomic E-state index is 9.62. The number of hydrogen-bond donors (Lipinski definition) is 2. The van der Waals surface area contributed by atoms with Gasteiger partial charge in [0.2, 0.25) is 0 Å². The van der Waals surface area contributed by atoms with Gasteiger partial charge in [-0.2, -0.15) is 0 Å². The zero-order valence-electron chi connectivity index (χ0n) is 7.44. The Hall–Kier alpha value is -0.0800.